The van der Waals surface area contributed by atoms with E-state index in [4.69, 9.17) is 0 Å². The number of hydrogen-bond donors (Lipinski definition) is 1. The third-order valence-corrected chi connectivity index (χ3v) is 5.11. The molecule has 164 valence electrons. The first-order chi connectivity index (χ1) is 13.7. The van der Waals surface area contributed by atoms with Crippen LogP contribution in [0.25, 0.3) is 0 Å². The first-order valence-corrected chi connectivity index (χ1v) is 10.5. The fourth-order valence-corrected chi connectivity index (χ4v) is 3.06. The summed E-state index contributed by atoms with van der Waals surface area (Å²) in [4.78, 5) is 27.4. The predicted octanol–water partition coefficient (Wildman–Crippen LogP) is 4.50. The van der Waals surface area contributed by atoms with E-state index >= 15 is 0 Å². The Hall–Kier alpha value is -2.63. The molecule has 0 bridgehead atoms. The van der Waals surface area contributed by atoms with Crippen LogP contribution in [0, 0.1) is 0 Å². The lowest BCUT2D eigenvalue weighted by Crippen LogP contribution is -2.42. The average Bonchev–Trinajstić information content (AvgIpc) is 2.99. The van der Waals surface area contributed by atoms with Gasteiger partial charge in [0.2, 0.25) is 5.91 Å². The van der Waals surface area contributed by atoms with Crippen molar-refractivity contribution < 1.29 is 9.59 Å². The van der Waals surface area contributed by atoms with E-state index in [1.54, 1.807) is 16.6 Å². The smallest absolute Gasteiger partial charge is 0.254 e. The standard InChI is InChI=1S/C24H36N4O2/c1-16(2)28(22(30)17-10-12-18(13-11-17)23(3,4)5)15-21(29)25-20-14-19(24(6,7)8)26-27(20)9/h10-14,16H,15H2,1-9H3,(H,25,29). The monoisotopic (exact) mass is 412 g/mol. The number of benzene rings is 1. The molecule has 1 N–H and O–H groups in total. The normalized spacial score (nSPS) is 12.2. The zero-order valence-electron chi connectivity index (χ0n) is 19.8. The van der Waals surface area contributed by atoms with Crippen LogP contribution in [0.5, 0.6) is 0 Å². The van der Waals surface area contributed by atoms with Gasteiger partial charge in [0, 0.05) is 30.1 Å². The lowest BCUT2D eigenvalue weighted by Gasteiger charge is -2.26. The van der Waals surface area contributed by atoms with E-state index in [9.17, 15) is 9.59 Å². The van der Waals surface area contributed by atoms with Crippen LogP contribution in [0.1, 0.15) is 77.0 Å². The van der Waals surface area contributed by atoms with Gasteiger partial charge >= 0.3 is 0 Å². The van der Waals surface area contributed by atoms with Gasteiger partial charge in [-0.25, -0.2) is 0 Å². The van der Waals surface area contributed by atoms with Gasteiger partial charge in [0.15, 0.2) is 0 Å². The molecular weight excluding hydrogens is 376 g/mol. The highest BCUT2D eigenvalue weighted by molar-refractivity contribution is 5.99. The van der Waals surface area contributed by atoms with E-state index in [0.717, 1.165) is 5.69 Å². The molecular formula is C24H36N4O2. The number of aryl methyl sites for hydroxylation is 1. The molecule has 6 nitrogen and oxygen atoms in total. The topological polar surface area (TPSA) is 67.2 Å². The molecule has 1 aromatic heterocycles. The Kier molecular flexibility index (Phi) is 6.80. The summed E-state index contributed by atoms with van der Waals surface area (Å²) in [7, 11) is 1.80. The van der Waals surface area contributed by atoms with E-state index < -0.39 is 0 Å². The van der Waals surface area contributed by atoms with Crippen molar-refractivity contribution in [3.05, 3.63) is 47.2 Å². The lowest BCUT2D eigenvalue weighted by atomic mass is 9.86. The van der Waals surface area contributed by atoms with Gasteiger partial charge in [0.25, 0.3) is 5.91 Å². The number of amides is 2. The Morgan fingerprint density at radius 1 is 1.03 bits per heavy atom. The molecule has 0 unspecified atom stereocenters. The molecule has 0 aliphatic heterocycles. The van der Waals surface area contributed by atoms with E-state index in [-0.39, 0.29) is 35.2 Å². The molecule has 0 fully saturated rings. The van der Waals surface area contributed by atoms with Gasteiger partial charge in [-0.1, -0.05) is 53.7 Å². The van der Waals surface area contributed by atoms with Gasteiger partial charge in [0.05, 0.1) is 5.69 Å². The number of carbonyl (C=O) groups excluding carboxylic acids is 2. The third kappa shape index (κ3) is 5.71. The largest absolute Gasteiger partial charge is 0.327 e. The SMILES string of the molecule is CC(C)N(CC(=O)Nc1cc(C(C)(C)C)nn1C)C(=O)c1ccc(C(C)(C)C)cc1. The summed E-state index contributed by atoms with van der Waals surface area (Å²) in [5, 5.41) is 7.37. The van der Waals surface area contributed by atoms with E-state index in [1.165, 1.54) is 5.56 Å². The Balaban J connectivity index is 2.14. The molecule has 2 aromatic rings. The Morgan fingerprint density at radius 2 is 1.60 bits per heavy atom. The fourth-order valence-electron chi connectivity index (χ4n) is 3.06. The highest BCUT2D eigenvalue weighted by atomic mass is 16.2. The van der Waals surface area contributed by atoms with Crippen molar-refractivity contribution in [2.75, 3.05) is 11.9 Å². The minimum absolute atomic E-state index is 0.0203. The third-order valence-electron chi connectivity index (χ3n) is 5.11. The zero-order valence-corrected chi connectivity index (χ0v) is 19.8. The molecule has 1 aromatic carbocycles. The van der Waals surface area contributed by atoms with Crippen LogP contribution >= 0.6 is 0 Å². The Morgan fingerprint density at radius 3 is 2.03 bits per heavy atom. The summed E-state index contributed by atoms with van der Waals surface area (Å²) < 4.78 is 1.66. The minimum Gasteiger partial charge on any atom is -0.327 e. The summed E-state index contributed by atoms with van der Waals surface area (Å²) in [5.74, 6) is 0.225. The average molecular weight is 413 g/mol. The van der Waals surface area contributed by atoms with E-state index in [1.807, 2.05) is 44.2 Å². The number of aromatic nitrogens is 2. The molecule has 0 saturated heterocycles. The molecule has 6 heteroatoms. The number of rotatable bonds is 5. The zero-order chi connectivity index (χ0) is 22.9. The van der Waals surface area contributed by atoms with Crippen molar-refractivity contribution in [3.63, 3.8) is 0 Å². The summed E-state index contributed by atoms with van der Waals surface area (Å²) in [6.07, 6.45) is 0. The minimum atomic E-state index is -0.244. The molecule has 30 heavy (non-hydrogen) atoms. The quantitative estimate of drug-likeness (QED) is 0.786. The maximum Gasteiger partial charge on any atom is 0.254 e. The molecule has 1 heterocycles. The Bertz CT molecular complexity index is 897. The first kappa shape index (κ1) is 23.6. The van der Waals surface area contributed by atoms with Gasteiger partial charge in [-0.3, -0.25) is 14.3 Å². The molecule has 0 saturated carbocycles. The van der Waals surface area contributed by atoms with Gasteiger partial charge in [-0.2, -0.15) is 5.10 Å². The second-order valence-electron chi connectivity index (χ2n) is 10.2. The Labute approximate surface area is 180 Å². The van der Waals surface area contributed by atoms with Crippen LogP contribution in [0.15, 0.2) is 30.3 Å². The van der Waals surface area contributed by atoms with Gasteiger partial charge in [-0.15, -0.1) is 0 Å². The maximum atomic E-state index is 13.1. The maximum absolute atomic E-state index is 13.1. The van der Waals surface area contributed by atoms with Crippen molar-refractivity contribution in [1.82, 2.24) is 14.7 Å². The molecule has 0 aliphatic rings. The first-order valence-electron chi connectivity index (χ1n) is 10.5. The van der Waals surface area contributed by atoms with Crippen molar-refractivity contribution in [3.8, 4) is 0 Å². The van der Waals surface area contributed by atoms with Crippen molar-refractivity contribution in [2.24, 2.45) is 7.05 Å². The lowest BCUT2D eigenvalue weighted by molar-refractivity contribution is -0.117. The van der Waals surface area contributed by atoms with Gasteiger partial charge in [-0.05, 0) is 37.0 Å². The second-order valence-corrected chi connectivity index (χ2v) is 10.2. The van der Waals surface area contributed by atoms with E-state index in [0.29, 0.717) is 11.4 Å². The van der Waals surface area contributed by atoms with Crippen LogP contribution < -0.4 is 5.32 Å². The number of hydrogen-bond acceptors (Lipinski definition) is 3. The van der Waals surface area contributed by atoms with Gasteiger partial charge < -0.3 is 10.2 Å². The number of anilines is 1. The summed E-state index contributed by atoms with van der Waals surface area (Å²) in [5.41, 5.74) is 2.56. The van der Waals surface area contributed by atoms with Crippen LogP contribution in [0.2, 0.25) is 0 Å². The molecule has 0 aliphatic carbocycles. The van der Waals surface area contributed by atoms with E-state index in [2.05, 4.69) is 52.0 Å². The highest BCUT2D eigenvalue weighted by Gasteiger charge is 2.24. The number of carbonyl (C=O) groups is 2. The molecule has 0 spiro atoms. The van der Waals surface area contributed by atoms with Crippen LogP contribution in [-0.4, -0.2) is 39.1 Å². The van der Waals surface area contributed by atoms with Crippen molar-refractivity contribution >= 4 is 17.6 Å². The predicted molar refractivity (Wildman–Crippen MR) is 122 cm³/mol. The second kappa shape index (κ2) is 8.62. The molecule has 0 radical (unpaired) electrons. The van der Waals surface area contributed by atoms with Crippen molar-refractivity contribution in [2.45, 2.75) is 72.3 Å². The summed E-state index contributed by atoms with van der Waals surface area (Å²) in [6, 6.07) is 9.41. The number of nitrogens with zero attached hydrogens (tertiary/aromatic N) is 3. The molecule has 0 atom stereocenters. The molecule has 2 amide bonds. The van der Waals surface area contributed by atoms with Crippen LogP contribution in [0.4, 0.5) is 5.82 Å². The van der Waals surface area contributed by atoms with Crippen LogP contribution in [-0.2, 0) is 22.7 Å². The fraction of sp³-hybridized carbons (Fsp3) is 0.542. The summed E-state index contributed by atoms with van der Waals surface area (Å²) >= 11 is 0. The summed E-state index contributed by atoms with van der Waals surface area (Å²) in [6.45, 7) is 16.4. The van der Waals surface area contributed by atoms with Gasteiger partial charge in [0.1, 0.15) is 12.4 Å². The van der Waals surface area contributed by atoms with Crippen molar-refractivity contribution in [1.29, 1.82) is 0 Å². The highest BCUT2D eigenvalue weighted by Crippen LogP contribution is 2.24. The van der Waals surface area contributed by atoms with Crippen LogP contribution in [0.3, 0.4) is 0 Å². The number of nitrogens with one attached hydrogen (secondary N) is 1. The molecule has 2 rings (SSSR count).